The van der Waals surface area contributed by atoms with Gasteiger partial charge in [0.2, 0.25) is 0 Å². The first kappa shape index (κ1) is 21.2. The zero-order chi connectivity index (χ0) is 23.7. The van der Waals surface area contributed by atoms with E-state index in [-0.39, 0.29) is 11.6 Å². The number of nitro benzene ring substituents is 1. The Balaban J connectivity index is 1.50. The number of anilines is 1. The van der Waals surface area contributed by atoms with Crippen molar-refractivity contribution in [2.75, 3.05) is 4.90 Å². The van der Waals surface area contributed by atoms with Crippen molar-refractivity contribution in [3.8, 4) is 11.3 Å². The van der Waals surface area contributed by atoms with Gasteiger partial charge < -0.3 is 4.42 Å². The number of furan rings is 1. The topological polar surface area (TPSA) is 76.6 Å². The normalized spacial score (nSPS) is 14.5. The van der Waals surface area contributed by atoms with Gasteiger partial charge in [-0.3, -0.25) is 19.8 Å². The molecular formula is C28H20N2O4. The second kappa shape index (κ2) is 8.67. The van der Waals surface area contributed by atoms with Gasteiger partial charge in [-0.15, -0.1) is 0 Å². The number of benzene rings is 3. The lowest BCUT2D eigenvalue weighted by atomic mass is 10.1. The number of hydrogen-bond donors (Lipinski definition) is 0. The van der Waals surface area contributed by atoms with Crippen LogP contribution in [0.5, 0.6) is 0 Å². The van der Waals surface area contributed by atoms with Crippen molar-refractivity contribution in [2.24, 2.45) is 0 Å². The van der Waals surface area contributed by atoms with E-state index in [1.807, 2.05) is 67.6 Å². The fourth-order valence-corrected chi connectivity index (χ4v) is 3.87. The largest absolute Gasteiger partial charge is 0.457 e. The lowest BCUT2D eigenvalue weighted by molar-refractivity contribution is -0.384. The van der Waals surface area contributed by atoms with Crippen LogP contribution in [0.15, 0.2) is 107 Å². The van der Waals surface area contributed by atoms with Crippen molar-refractivity contribution >= 4 is 29.1 Å². The van der Waals surface area contributed by atoms with E-state index >= 15 is 0 Å². The Kier molecular flexibility index (Phi) is 5.40. The van der Waals surface area contributed by atoms with Crippen LogP contribution >= 0.6 is 0 Å². The molecule has 0 saturated carbocycles. The van der Waals surface area contributed by atoms with E-state index in [0.717, 1.165) is 28.1 Å². The number of carbonyl (C=O) groups is 1. The maximum Gasteiger partial charge on any atom is 0.269 e. The second-order valence-electron chi connectivity index (χ2n) is 7.98. The van der Waals surface area contributed by atoms with E-state index in [2.05, 4.69) is 0 Å². The SMILES string of the molecule is Cc1ccc(N2C(=O)/C(=C/c3ccc(-c4ccc([N+](=O)[O-])cc4)o3)C=C2c2ccccc2)cc1. The van der Waals surface area contributed by atoms with Gasteiger partial charge in [-0.25, -0.2) is 0 Å². The molecular weight excluding hydrogens is 428 g/mol. The van der Waals surface area contributed by atoms with Crippen LogP contribution in [0.4, 0.5) is 11.4 Å². The van der Waals surface area contributed by atoms with Gasteiger partial charge in [0.1, 0.15) is 11.5 Å². The first-order chi connectivity index (χ1) is 16.5. The summed E-state index contributed by atoms with van der Waals surface area (Å²) in [4.78, 5) is 25.6. The molecule has 6 heteroatoms. The molecule has 5 rings (SSSR count). The molecule has 1 aliphatic rings. The molecule has 1 aromatic heterocycles. The highest BCUT2D eigenvalue weighted by Crippen LogP contribution is 2.36. The van der Waals surface area contributed by atoms with Crippen molar-refractivity contribution in [1.82, 2.24) is 0 Å². The standard InChI is InChI=1S/C28H20N2O4/c1-19-7-11-23(12-8-19)29-26(20-5-3-2-4-6-20)18-22(28(29)31)17-25-15-16-27(34-25)21-9-13-24(14-10-21)30(32)33/h2-18H,1H3/b22-17+. The Morgan fingerprint density at radius 2 is 1.56 bits per heavy atom. The summed E-state index contributed by atoms with van der Waals surface area (Å²) in [5, 5.41) is 10.9. The minimum Gasteiger partial charge on any atom is -0.457 e. The molecule has 0 unspecified atom stereocenters. The molecule has 0 fully saturated rings. The van der Waals surface area contributed by atoms with E-state index in [0.29, 0.717) is 17.1 Å². The molecule has 0 bridgehead atoms. The summed E-state index contributed by atoms with van der Waals surface area (Å²) in [5.41, 5.74) is 4.88. The Morgan fingerprint density at radius 1 is 0.853 bits per heavy atom. The predicted octanol–water partition coefficient (Wildman–Crippen LogP) is 6.63. The van der Waals surface area contributed by atoms with Gasteiger partial charge in [-0.1, -0.05) is 48.0 Å². The van der Waals surface area contributed by atoms with Crippen LogP contribution in [-0.2, 0) is 4.79 Å². The minimum absolute atomic E-state index is 0.0176. The molecule has 6 nitrogen and oxygen atoms in total. The summed E-state index contributed by atoms with van der Waals surface area (Å²) in [6.45, 7) is 2.01. The lowest BCUT2D eigenvalue weighted by Gasteiger charge is -2.21. The third-order valence-corrected chi connectivity index (χ3v) is 5.63. The molecule has 0 N–H and O–H groups in total. The van der Waals surface area contributed by atoms with Crippen LogP contribution in [0.3, 0.4) is 0 Å². The van der Waals surface area contributed by atoms with E-state index in [9.17, 15) is 14.9 Å². The second-order valence-corrected chi connectivity index (χ2v) is 7.98. The minimum atomic E-state index is -0.441. The highest BCUT2D eigenvalue weighted by molar-refractivity contribution is 6.23. The Morgan fingerprint density at radius 3 is 2.24 bits per heavy atom. The third-order valence-electron chi connectivity index (χ3n) is 5.63. The monoisotopic (exact) mass is 448 g/mol. The molecule has 0 saturated heterocycles. The van der Waals surface area contributed by atoms with Gasteiger partial charge in [0.25, 0.3) is 11.6 Å². The molecule has 2 heterocycles. The molecule has 1 aliphatic heterocycles. The predicted molar refractivity (Wildman–Crippen MR) is 132 cm³/mol. The Bertz CT molecular complexity index is 1430. The van der Waals surface area contributed by atoms with Crippen molar-refractivity contribution < 1.29 is 14.1 Å². The van der Waals surface area contributed by atoms with Crippen LogP contribution in [0.25, 0.3) is 23.1 Å². The van der Waals surface area contributed by atoms with Gasteiger partial charge >= 0.3 is 0 Å². The van der Waals surface area contributed by atoms with Gasteiger partial charge in [-0.05, 0) is 61.0 Å². The maximum absolute atomic E-state index is 13.5. The van der Waals surface area contributed by atoms with E-state index in [1.165, 1.54) is 12.1 Å². The zero-order valence-corrected chi connectivity index (χ0v) is 18.3. The van der Waals surface area contributed by atoms with Crippen LogP contribution < -0.4 is 4.90 Å². The van der Waals surface area contributed by atoms with Crippen LogP contribution in [0.2, 0.25) is 0 Å². The molecule has 0 spiro atoms. The number of carbonyl (C=O) groups excluding carboxylic acids is 1. The van der Waals surface area contributed by atoms with E-state index < -0.39 is 4.92 Å². The average Bonchev–Trinajstić information content (AvgIpc) is 3.45. The number of aryl methyl sites for hydroxylation is 1. The quantitative estimate of drug-likeness (QED) is 0.195. The first-order valence-electron chi connectivity index (χ1n) is 10.7. The molecule has 3 aromatic carbocycles. The summed E-state index contributed by atoms with van der Waals surface area (Å²) >= 11 is 0. The Hall–Kier alpha value is -4.71. The number of rotatable bonds is 5. The fraction of sp³-hybridized carbons (Fsp3) is 0.0357. The average molecular weight is 448 g/mol. The Labute approximate surface area is 196 Å². The number of amides is 1. The van der Waals surface area contributed by atoms with Crippen LogP contribution in [0, 0.1) is 17.0 Å². The zero-order valence-electron chi connectivity index (χ0n) is 18.3. The molecule has 0 radical (unpaired) electrons. The summed E-state index contributed by atoms with van der Waals surface area (Å²) in [6, 6.07) is 27.3. The molecule has 34 heavy (non-hydrogen) atoms. The van der Waals surface area contributed by atoms with Crippen molar-refractivity contribution in [3.63, 3.8) is 0 Å². The number of hydrogen-bond acceptors (Lipinski definition) is 4. The lowest BCUT2D eigenvalue weighted by Crippen LogP contribution is -2.24. The van der Waals surface area contributed by atoms with E-state index in [4.69, 9.17) is 4.42 Å². The molecule has 0 atom stereocenters. The van der Waals surface area contributed by atoms with Gasteiger partial charge in [-0.2, -0.15) is 0 Å². The number of nitrogens with zero attached hydrogens (tertiary/aromatic N) is 2. The summed E-state index contributed by atoms with van der Waals surface area (Å²) in [5.74, 6) is 0.942. The van der Waals surface area contributed by atoms with Crippen molar-refractivity contribution in [3.05, 3.63) is 130 Å². The smallest absolute Gasteiger partial charge is 0.269 e. The fourth-order valence-electron chi connectivity index (χ4n) is 3.87. The number of non-ortho nitro benzene ring substituents is 1. The van der Waals surface area contributed by atoms with E-state index in [1.54, 1.807) is 35.2 Å². The van der Waals surface area contributed by atoms with Gasteiger partial charge in [0.15, 0.2) is 0 Å². The third kappa shape index (κ3) is 4.04. The van der Waals surface area contributed by atoms with Gasteiger partial charge in [0, 0.05) is 29.0 Å². The highest BCUT2D eigenvalue weighted by atomic mass is 16.6. The van der Waals surface area contributed by atoms with Gasteiger partial charge in [0.05, 0.1) is 10.6 Å². The summed E-state index contributed by atoms with van der Waals surface area (Å²) in [7, 11) is 0. The van der Waals surface area contributed by atoms with Crippen LogP contribution in [-0.4, -0.2) is 10.8 Å². The number of nitro groups is 1. The van der Waals surface area contributed by atoms with Crippen LogP contribution in [0.1, 0.15) is 16.9 Å². The van der Waals surface area contributed by atoms with Crippen molar-refractivity contribution in [1.29, 1.82) is 0 Å². The summed E-state index contributed by atoms with van der Waals surface area (Å²) in [6.07, 6.45) is 3.58. The van der Waals surface area contributed by atoms with Crippen molar-refractivity contribution in [2.45, 2.75) is 6.92 Å². The molecule has 166 valence electrons. The first-order valence-corrected chi connectivity index (χ1v) is 10.7. The summed E-state index contributed by atoms with van der Waals surface area (Å²) < 4.78 is 5.93. The maximum atomic E-state index is 13.5. The molecule has 1 amide bonds. The molecule has 4 aromatic rings. The highest BCUT2D eigenvalue weighted by Gasteiger charge is 2.30. The molecule has 0 aliphatic carbocycles.